The lowest BCUT2D eigenvalue weighted by Gasteiger charge is -2.10. The van der Waals surface area contributed by atoms with Crippen molar-refractivity contribution >= 4 is 61.6 Å². The molecule has 0 bridgehead atoms. The van der Waals surface area contributed by atoms with Gasteiger partial charge in [-0.05, 0) is 55.0 Å². The Bertz CT molecular complexity index is 1220. The number of aromatic nitrogens is 2. The van der Waals surface area contributed by atoms with Gasteiger partial charge in [0, 0.05) is 15.4 Å². The van der Waals surface area contributed by atoms with Crippen molar-refractivity contribution in [1.82, 2.24) is 9.97 Å². The third-order valence-corrected chi connectivity index (χ3v) is 5.64. The van der Waals surface area contributed by atoms with Crippen LogP contribution < -0.4 is 5.43 Å². The van der Waals surface area contributed by atoms with E-state index in [1.54, 1.807) is 12.1 Å². The number of anilines is 1. The maximum absolute atomic E-state index is 6.18. The van der Waals surface area contributed by atoms with Crippen LogP contribution in [0.3, 0.4) is 0 Å². The number of nitrogens with zero attached hydrogens (tertiary/aromatic N) is 3. The van der Waals surface area contributed by atoms with Gasteiger partial charge in [0.25, 0.3) is 0 Å². The Balaban J connectivity index is 1.75. The van der Waals surface area contributed by atoms with E-state index in [4.69, 9.17) is 23.2 Å². The second-order valence-corrected chi connectivity index (χ2v) is 8.09. The highest BCUT2D eigenvalue weighted by molar-refractivity contribution is 9.10. The van der Waals surface area contributed by atoms with Crippen LogP contribution in [-0.4, -0.2) is 15.7 Å². The fourth-order valence-electron chi connectivity index (χ4n) is 2.82. The normalized spacial score (nSPS) is 11.7. The second kappa shape index (κ2) is 8.49. The number of rotatable bonds is 4. The number of para-hydroxylation sites is 1. The largest absolute Gasteiger partial charge is 0.260 e. The summed E-state index contributed by atoms with van der Waals surface area (Å²) < 4.78 is 1.02. The summed E-state index contributed by atoms with van der Waals surface area (Å²) in [5.41, 5.74) is 6.55. The van der Waals surface area contributed by atoms with Crippen molar-refractivity contribution in [2.45, 2.75) is 6.92 Å². The third kappa shape index (κ3) is 4.42. The number of nitrogens with one attached hydrogen (secondary N) is 1. The molecule has 0 aliphatic rings. The summed E-state index contributed by atoms with van der Waals surface area (Å²) in [6, 6.07) is 21.1. The van der Waals surface area contributed by atoms with Crippen LogP contribution in [0.2, 0.25) is 10.0 Å². The molecule has 7 heteroatoms. The summed E-state index contributed by atoms with van der Waals surface area (Å²) in [7, 11) is 0. The van der Waals surface area contributed by atoms with Crippen LogP contribution in [0.5, 0.6) is 0 Å². The maximum atomic E-state index is 6.18. The molecular weight excluding hydrogens is 471 g/mol. The predicted molar refractivity (Wildman–Crippen MR) is 125 cm³/mol. The maximum Gasteiger partial charge on any atom is 0.162 e. The minimum atomic E-state index is 0.458. The Hall–Kier alpha value is -2.47. The molecule has 0 aliphatic carbocycles. The summed E-state index contributed by atoms with van der Waals surface area (Å²) in [5.74, 6) is 1.16. The summed E-state index contributed by atoms with van der Waals surface area (Å²) in [4.78, 5) is 9.35. The van der Waals surface area contributed by atoms with Crippen LogP contribution >= 0.6 is 39.1 Å². The van der Waals surface area contributed by atoms with E-state index in [2.05, 4.69) is 36.4 Å². The predicted octanol–water partition coefficient (Wildman–Crippen LogP) is 7.20. The molecule has 0 amide bonds. The highest BCUT2D eigenvalue weighted by atomic mass is 79.9. The van der Waals surface area contributed by atoms with E-state index >= 15 is 0 Å². The number of halogens is 3. The van der Waals surface area contributed by atoms with Gasteiger partial charge in [-0.2, -0.15) is 5.10 Å². The number of hydrogen-bond acceptors (Lipinski definition) is 4. The number of hydrogen-bond donors (Lipinski definition) is 1. The van der Waals surface area contributed by atoms with Crippen molar-refractivity contribution < 1.29 is 0 Å². The molecule has 1 N–H and O–H groups in total. The van der Waals surface area contributed by atoms with E-state index < -0.39 is 0 Å². The van der Waals surface area contributed by atoms with Gasteiger partial charge in [-0.25, -0.2) is 9.97 Å². The Morgan fingerprint density at radius 1 is 0.931 bits per heavy atom. The first-order chi connectivity index (χ1) is 14.0. The minimum absolute atomic E-state index is 0.458. The Kier molecular flexibility index (Phi) is 5.81. The van der Waals surface area contributed by atoms with E-state index in [1.807, 2.05) is 61.5 Å². The molecule has 0 radical (unpaired) electrons. The molecule has 4 nitrogen and oxygen atoms in total. The van der Waals surface area contributed by atoms with Crippen LogP contribution in [0.25, 0.3) is 22.3 Å². The molecule has 0 atom stereocenters. The minimum Gasteiger partial charge on any atom is -0.260 e. The molecule has 0 fully saturated rings. The van der Waals surface area contributed by atoms with Crippen LogP contribution in [0.4, 0.5) is 5.82 Å². The molecule has 0 saturated heterocycles. The van der Waals surface area contributed by atoms with Crippen molar-refractivity contribution in [3.05, 3.63) is 86.8 Å². The van der Waals surface area contributed by atoms with E-state index in [9.17, 15) is 0 Å². The quantitative estimate of drug-likeness (QED) is 0.245. The first-order valence-electron chi connectivity index (χ1n) is 8.80. The average Bonchev–Trinajstić information content (AvgIpc) is 2.74. The first kappa shape index (κ1) is 19.8. The van der Waals surface area contributed by atoms with Gasteiger partial charge in [-0.1, -0.05) is 63.4 Å². The van der Waals surface area contributed by atoms with E-state index in [0.717, 1.165) is 32.2 Å². The molecule has 1 aromatic heterocycles. The van der Waals surface area contributed by atoms with Crippen LogP contribution in [0.15, 0.2) is 76.3 Å². The average molecular weight is 486 g/mol. The molecule has 3 aromatic carbocycles. The number of fused-ring (bicyclic) bond motifs is 1. The summed E-state index contributed by atoms with van der Waals surface area (Å²) in [6.07, 6.45) is 0. The van der Waals surface area contributed by atoms with Crippen LogP contribution in [-0.2, 0) is 0 Å². The fourth-order valence-corrected chi connectivity index (χ4v) is 3.38. The highest BCUT2D eigenvalue weighted by Gasteiger charge is 2.11. The van der Waals surface area contributed by atoms with Crippen molar-refractivity contribution in [3.8, 4) is 11.4 Å². The van der Waals surface area contributed by atoms with Crippen molar-refractivity contribution in [3.63, 3.8) is 0 Å². The summed E-state index contributed by atoms with van der Waals surface area (Å²) in [5, 5.41) is 6.35. The zero-order valence-corrected chi connectivity index (χ0v) is 18.4. The van der Waals surface area contributed by atoms with Gasteiger partial charge in [0.2, 0.25) is 0 Å². The first-order valence-corrected chi connectivity index (χ1v) is 10.3. The molecule has 144 valence electrons. The van der Waals surface area contributed by atoms with Gasteiger partial charge in [0.05, 0.1) is 21.3 Å². The lowest BCUT2D eigenvalue weighted by Crippen LogP contribution is -2.03. The molecule has 4 aromatic rings. The fraction of sp³-hybridized carbons (Fsp3) is 0.0455. The van der Waals surface area contributed by atoms with Crippen LogP contribution in [0, 0.1) is 0 Å². The summed E-state index contributed by atoms with van der Waals surface area (Å²) >= 11 is 15.7. The zero-order valence-electron chi connectivity index (χ0n) is 15.3. The summed E-state index contributed by atoms with van der Waals surface area (Å²) in [6.45, 7) is 1.94. The molecule has 0 spiro atoms. The number of benzene rings is 3. The highest BCUT2D eigenvalue weighted by Crippen LogP contribution is 2.29. The zero-order chi connectivity index (χ0) is 20.4. The second-order valence-electron chi connectivity index (χ2n) is 6.36. The lowest BCUT2D eigenvalue weighted by atomic mass is 10.1. The lowest BCUT2D eigenvalue weighted by molar-refractivity contribution is 1.18. The van der Waals surface area contributed by atoms with E-state index in [1.165, 1.54) is 0 Å². The van der Waals surface area contributed by atoms with Gasteiger partial charge in [-0.3, -0.25) is 5.43 Å². The Labute approximate surface area is 186 Å². The van der Waals surface area contributed by atoms with E-state index in [-0.39, 0.29) is 0 Å². The van der Waals surface area contributed by atoms with Crippen molar-refractivity contribution in [2.24, 2.45) is 5.10 Å². The van der Waals surface area contributed by atoms with Gasteiger partial charge in [0.15, 0.2) is 11.6 Å². The smallest absolute Gasteiger partial charge is 0.162 e. The Morgan fingerprint density at radius 2 is 1.69 bits per heavy atom. The SMILES string of the molecule is C/C(=N/Nc1nc(-c2ccc(Cl)c(Cl)c2)nc2ccccc12)c1ccc(Br)cc1. The Morgan fingerprint density at radius 3 is 2.45 bits per heavy atom. The molecule has 0 aliphatic heterocycles. The van der Waals surface area contributed by atoms with E-state index in [0.29, 0.717) is 21.7 Å². The van der Waals surface area contributed by atoms with Gasteiger partial charge in [-0.15, -0.1) is 0 Å². The van der Waals surface area contributed by atoms with Gasteiger partial charge >= 0.3 is 0 Å². The van der Waals surface area contributed by atoms with Crippen molar-refractivity contribution in [2.75, 3.05) is 5.43 Å². The monoisotopic (exact) mass is 484 g/mol. The van der Waals surface area contributed by atoms with Crippen molar-refractivity contribution in [1.29, 1.82) is 0 Å². The van der Waals surface area contributed by atoms with Gasteiger partial charge in [0.1, 0.15) is 0 Å². The van der Waals surface area contributed by atoms with Gasteiger partial charge < -0.3 is 0 Å². The standard InChI is InChI=1S/C22H15BrCl2N4/c1-13(14-6-9-16(23)10-7-14)28-29-22-17-4-2-3-5-20(17)26-21(27-22)15-8-11-18(24)19(25)12-15/h2-12H,1H3,(H,26,27,29)/b28-13-. The molecule has 29 heavy (non-hydrogen) atoms. The number of hydrazone groups is 1. The third-order valence-electron chi connectivity index (χ3n) is 4.37. The molecule has 0 unspecified atom stereocenters. The molecule has 1 heterocycles. The van der Waals surface area contributed by atoms with Crippen LogP contribution in [0.1, 0.15) is 12.5 Å². The molecular formula is C22H15BrCl2N4. The topological polar surface area (TPSA) is 50.2 Å². The molecule has 0 saturated carbocycles. The molecule has 4 rings (SSSR count).